The Kier molecular flexibility index (Phi) is 5.86. The van der Waals surface area contributed by atoms with Crippen molar-refractivity contribution in [1.29, 1.82) is 0 Å². The van der Waals surface area contributed by atoms with Crippen LogP contribution in [0.2, 0.25) is 0 Å². The van der Waals surface area contributed by atoms with E-state index in [0.29, 0.717) is 31.4 Å². The van der Waals surface area contributed by atoms with Crippen LogP contribution < -0.4 is 11.1 Å². The van der Waals surface area contributed by atoms with Crippen LogP contribution in [-0.4, -0.2) is 43.4 Å². The molecule has 1 aromatic carbocycles. The maximum atomic E-state index is 5.80. The fraction of sp³-hybridized carbons (Fsp3) is 0.333. The van der Waals surface area contributed by atoms with Crippen molar-refractivity contribution in [3.63, 3.8) is 0 Å². The number of hydrogen-bond donors (Lipinski definition) is 2. The molecule has 0 radical (unpaired) electrons. The molecule has 0 aliphatic carbocycles. The van der Waals surface area contributed by atoms with Gasteiger partial charge in [-0.2, -0.15) is 0 Å². The highest BCUT2D eigenvalue weighted by molar-refractivity contribution is 7.80. The summed E-state index contributed by atoms with van der Waals surface area (Å²) in [6.07, 6.45) is 0. The Bertz CT molecular complexity index is 619. The minimum Gasteiger partial charge on any atom is -0.389 e. The highest BCUT2D eigenvalue weighted by atomic mass is 32.1. The van der Waals surface area contributed by atoms with E-state index in [4.69, 9.17) is 27.4 Å². The lowest BCUT2D eigenvalue weighted by molar-refractivity contribution is 0.0759. The van der Waals surface area contributed by atoms with Gasteiger partial charge in [-0.3, -0.25) is 0 Å². The van der Waals surface area contributed by atoms with Crippen molar-refractivity contribution in [2.75, 3.05) is 38.8 Å². The Labute approximate surface area is 129 Å². The predicted octanol–water partition coefficient (Wildman–Crippen LogP) is 1.94. The Morgan fingerprint density at radius 3 is 2.86 bits per heavy atom. The topological polar surface area (TPSA) is 69.4 Å². The van der Waals surface area contributed by atoms with Gasteiger partial charge in [0.05, 0.1) is 25.3 Å². The second-order valence-electron chi connectivity index (χ2n) is 4.47. The van der Waals surface area contributed by atoms with Gasteiger partial charge in [-0.25, -0.2) is 4.98 Å². The minimum absolute atomic E-state index is 0.369. The first-order chi connectivity index (χ1) is 10.2. The summed E-state index contributed by atoms with van der Waals surface area (Å²) >= 11 is 5.12. The highest BCUT2D eigenvalue weighted by Crippen LogP contribution is 2.20. The molecule has 0 aliphatic rings. The summed E-state index contributed by atoms with van der Waals surface area (Å²) in [5, 5.41) is 4.18. The van der Waals surface area contributed by atoms with E-state index in [0.717, 1.165) is 22.3 Å². The van der Waals surface area contributed by atoms with E-state index in [2.05, 4.69) is 10.3 Å². The molecule has 3 N–H and O–H groups in total. The van der Waals surface area contributed by atoms with Crippen LogP contribution in [0.15, 0.2) is 30.3 Å². The van der Waals surface area contributed by atoms with Crippen molar-refractivity contribution in [2.45, 2.75) is 0 Å². The van der Waals surface area contributed by atoms with E-state index in [1.165, 1.54) is 0 Å². The van der Waals surface area contributed by atoms with E-state index in [1.54, 1.807) is 7.11 Å². The Balaban J connectivity index is 2.05. The van der Waals surface area contributed by atoms with Gasteiger partial charge in [-0.1, -0.05) is 30.4 Å². The van der Waals surface area contributed by atoms with Gasteiger partial charge in [0.2, 0.25) is 0 Å². The number of thiocarbonyl (C=S) groups is 1. The molecule has 0 unspecified atom stereocenters. The molecule has 6 heteroatoms. The van der Waals surface area contributed by atoms with Crippen molar-refractivity contribution in [2.24, 2.45) is 5.73 Å². The summed E-state index contributed by atoms with van der Waals surface area (Å²) in [6.45, 7) is 2.42. The van der Waals surface area contributed by atoms with Gasteiger partial charge in [0.15, 0.2) is 0 Å². The van der Waals surface area contributed by atoms with Crippen molar-refractivity contribution >= 4 is 33.9 Å². The number of methoxy groups -OCH3 is 1. The Hall–Kier alpha value is -1.76. The summed E-state index contributed by atoms with van der Waals surface area (Å²) in [5.74, 6) is 0.742. The first kappa shape index (κ1) is 15.6. The first-order valence-electron chi connectivity index (χ1n) is 6.72. The average Bonchev–Trinajstić information content (AvgIpc) is 2.49. The number of nitrogens with one attached hydrogen (secondary N) is 1. The van der Waals surface area contributed by atoms with Gasteiger partial charge in [0, 0.05) is 24.6 Å². The van der Waals surface area contributed by atoms with Gasteiger partial charge < -0.3 is 20.5 Å². The van der Waals surface area contributed by atoms with Crippen LogP contribution in [0, 0.1) is 0 Å². The summed E-state index contributed by atoms with van der Waals surface area (Å²) in [5.41, 5.74) is 7.49. The third-order valence-corrected chi connectivity index (χ3v) is 3.19. The highest BCUT2D eigenvalue weighted by Gasteiger charge is 2.07. The van der Waals surface area contributed by atoms with Crippen molar-refractivity contribution in [1.82, 2.24) is 4.98 Å². The molecular formula is C15H19N3O2S. The van der Waals surface area contributed by atoms with Crippen LogP contribution >= 0.6 is 12.2 Å². The second-order valence-corrected chi connectivity index (χ2v) is 4.91. The van der Waals surface area contributed by atoms with Crippen LogP contribution in [0.5, 0.6) is 0 Å². The molecule has 0 amide bonds. The fourth-order valence-corrected chi connectivity index (χ4v) is 2.13. The third-order valence-electron chi connectivity index (χ3n) is 2.97. The number of aromatic nitrogens is 1. The largest absolute Gasteiger partial charge is 0.389 e. The van der Waals surface area contributed by atoms with E-state index >= 15 is 0 Å². The predicted molar refractivity (Wildman–Crippen MR) is 88.8 cm³/mol. The summed E-state index contributed by atoms with van der Waals surface area (Å²) in [7, 11) is 1.65. The number of benzene rings is 1. The number of para-hydroxylation sites is 1. The smallest absolute Gasteiger partial charge is 0.127 e. The maximum absolute atomic E-state index is 5.80. The van der Waals surface area contributed by atoms with Crippen molar-refractivity contribution in [3.8, 4) is 0 Å². The zero-order valence-corrected chi connectivity index (χ0v) is 12.8. The SMILES string of the molecule is COCCOCCNc1cc(C(N)=S)c2ccccc2n1. The standard InChI is InChI=1S/C15H19N3O2S/c1-19-8-9-20-7-6-17-14-10-12(15(16)21)11-4-2-3-5-13(11)18-14/h2-5,10H,6-9H2,1H3,(H2,16,21)(H,17,18). The molecule has 0 saturated heterocycles. The third kappa shape index (κ3) is 4.35. The number of hydrogen-bond acceptors (Lipinski definition) is 5. The molecule has 0 fully saturated rings. The number of anilines is 1. The lowest BCUT2D eigenvalue weighted by Crippen LogP contribution is -2.15. The minimum atomic E-state index is 0.369. The van der Waals surface area contributed by atoms with Gasteiger partial charge in [-0.05, 0) is 12.1 Å². The normalized spacial score (nSPS) is 10.7. The molecule has 5 nitrogen and oxygen atoms in total. The van der Waals surface area contributed by atoms with E-state index < -0.39 is 0 Å². The van der Waals surface area contributed by atoms with Crippen LogP contribution in [0.25, 0.3) is 10.9 Å². The van der Waals surface area contributed by atoms with Crippen molar-refractivity contribution < 1.29 is 9.47 Å². The molecule has 0 aliphatic heterocycles. The fourth-order valence-electron chi connectivity index (χ4n) is 1.97. The van der Waals surface area contributed by atoms with Crippen LogP contribution in [0.1, 0.15) is 5.56 Å². The number of nitrogens with two attached hydrogens (primary N) is 1. The number of fused-ring (bicyclic) bond motifs is 1. The van der Waals surface area contributed by atoms with E-state index in [1.807, 2.05) is 30.3 Å². The van der Waals surface area contributed by atoms with E-state index in [9.17, 15) is 0 Å². The number of pyridine rings is 1. The molecule has 0 atom stereocenters. The quantitative estimate of drug-likeness (QED) is 0.574. The maximum Gasteiger partial charge on any atom is 0.127 e. The van der Waals surface area contributed by atoms with E-state index in [-0.39, 0.29) is 0 Å². The molecule has 21 heavy (non-hydrogen) atoms. The van der Waals surface area contributed by atoms with Crippen LogP contribution in [0.3, 0.4) is 0 Å². The van der Waals surface area contributed by atoms with Gasteiger partial charge in [0.1, 0.15) is 10.8 Å². The lowest BCUT2D eigenvalue weighted by Gasteiger charge is -2.10. The molecule has 0 spiro atoms. The molecular weight excluding hydrogens is 286 g/mol. The number of nitrogens with zero attached hydrogens (tertiary/aromatic N) is 1. The monoisotopic (exact) mass is 305 g/mol. The van der Waals surface area contributed by atoms with Gasteiger partial charge in [-0.15, -0.1) is 0 Å². The summed E-state index contributed by atoms with van der Waals surface area (Å²) in [6, 6.07) is 9.67. The molecule has 2 rings (SSSR count). The van der Waals surface area contributed by atoms with Gasteiger partial charge in [0.25, 0.3) is 0 Å². The summed E-state index contributed by atoms with van der Waals surface area (Å²) < 4.78 is 10.3. The second kappa shape index (κ2) is 7.87. The van der Waals surface area contributed by atoms with Crippen molar-refractivity contribution in [3.05, 3.63) is 35.9 Å². The Morgan fingerprint density at radius 1 is 1.29 bits per heavy atom. The molecule has 1 heterocycles. The van der Waals surface area contributed by atoms with Crippen LogP contribution in [-0.2, 0) is 9.47 Å². The molecule has 0 bridgehead atoms. The molecule has 112 valence electrons. The van der Waals surface area contributed by atoms with Gasteiger partial charge >= 0.3 is 0 Å². The zero-order valence-electron chi connectivity index (χ0n) is 12.0. The molecule has 2 aromatic rings. The molecule has 0 saturated carbocycles. The van der Waals surface area contributed by atoms with Crippen LogP contribution in [0.4, 0.5) is 5.82 Å². The number of ether oxygens (including phenoxy) is 2. The Morgan fingerprint density at radius 2 is 2.10 bits per heavy atom. The average molecular weight is 305 g/mol. The first-order valence-corrected chi connectivity index (χ1v) is 7.13. The summed E-state index contributed by atoms with van der Waals surface area (Å²) in [4.78, 5) is 4.91. The zero-order chi connectivity index (χ0) is 15.1. The lowest BCUT2D eigenvalue weighted by atomic mass is 10.1. The molecule has 1 aromatic heterocycles. The number of rotatable bonds is 8.